The first-order valence-corrected chi connectivity index (χ1v) is 22.2. The number of nitrogens with one attached hydrogen (secondary N) is 4. The molecule has 0 unspecified atom stereocenters. The third kappa shape index (κ3) is 8.90. The number of piperidine rings is 1. The van der Waals surface area contributed by atoms with Gasteiger partial charge in [-0.05, 0) is 94.3 Å². The molecule has 13 heteroatoms. The molecule has 5 fully saturated rings. The second-order valence-corrected chi connectivity index (χ2v) is 21.3. The predicted octanol–water partition coefficient (Wildman–Crippen LogP) is 4.79. The Hall–Kier alpha value is -2.70. The zero-order chi connectivity index (χ0) is 39.0. The van der Waals surface area contributed by atoms with Gasteiger partial charge in [0.25, 0.3) is 5.91 Å². The number of amides is 5. The van der Waals surface area contributed by atoms with E-state index in [1.54, 1.807) is 25.7 Å². The van der Waals surface area contributed by atoms with Gasteiger partial charge in [0.1, 0.15) is 12.1 Å². The Kier molecular flexibility index (Phi) is 12.4. The summed E-state index contributed by atoms with van der Waals surface area (Å²) in [6.45, 7) is 13.9. The van der Waals surface area contributed by atoms with Crippen molar-refractivity contribution in [2.24, 2.45) is 28.6 Å². The molecule has 300 valence electrons. The van der Waals surface area contributed by atoms with Crippen LogP contribution in [0, 0.1) is 28.6 Å². The van der Waals surface area contributed by atoms with Crippen LogP contribution in [0.25, 0.3) is 0 Å². The van der Waals surface area contributed by atoms with Gasteiger partial charge in [0, 0.05) is 13.1 Å². The highest BCUT2D eigenvalue weighted by Crippen LogP contribution is 2.65. The van der Waals surface area contributed by atoms with E-state index in [9.17, 15) is 32.4 Å². The van der Waals surface area contributed by atoms with Gasteiger partial charge in [-0.15, -0.1) is 0 Å². The highest BCUT2D eigenvalue weighted by atomic mass is 32.2. The fourth-order valence-electron chi connectivity index (χ4n) is 9.62. The van der Waals surface area contributed by atoms with E-state index in [1.807, 2.05) is 13.8 Å². The largest absolute Gasteiger partial charge is 0.350 e. The standard InChI is InChI=1S/C40H67N5O7S/c1-8-37(3,4)53(51,52)25-40(22-14-11-15-23-40)44-36(50)43-32(39(7)20-12-10-13-21-39)35(49)45-24-27-29(38(27,5)6)30(45)33(47)42-28(19-18-26-16-17-26)31(46)34(48)41-9-2/h26-30,32H,8-25H2,1-7H3,(H,41,48)(H,42,47)(H2,43,44,50)/t27-,28-,29-,30-,32+/m0/s1. The molecule has 4 aliphatic carbocycles. The highest BCUT2D eigenvalue weighted by molar-refractivity contribution is 7.92. The number of likely N-dealkylation sites (N-methyl/N-ethyl adjacent to an activating group) is 1. The van der Waals surface area contributed by atoms with Gasteiger partial charge >= 0.3 is 6.03 Å². The second kappa shape index (κ2) is 15.8. The van der Waals surface area contributed by atoms with Crippen LogP contribution in [0.2, 0.25) is 0 Å². The molecular formula is C40H67N5O7S. The van der Waals surface area contributed by atoms with Crippen molar-refractivity contribution >= 4 is 39.4 Å². The minimum Gasteiger partial charge on any atom is -0.350 e. The fourth-order valence-corrected chi connectivity index (χ4v) is 11.5. The topological polar surface area (TPSA) is 171 Å². The molecule has 0 aromatic carbocycles. The summed E-state index contributed by atoms with van der Waals surface area (Å²) in [6.07, 6.45) is 11.7. The summed E-state index contributed by atoms with van der Waals surface area (Å²) < 4.78 is 26.4. The summed E-state index contributed by atoms with van der Waals surface area (Å²) in [5, 5.41) is 11.7. The lowest BCUT2D eigenvalue weighted by molar-refractivity contribution is -0.146. The first kappa shape index (κ1) is 41.5. The number of carbonyl (C=O) groups is 5. The van der Waals surface area contributed by atoms with Gasteiger partial charge < -0.3 is 26.2 Å². The number of hydrogen-bond acceptors (Lipinski definition) is 7. The lowest BCUT2D eigenvalue weighted by Gasteiger charge is -2.44. The maximum atomic E-state index is 15.0. The van der Waals surface area contributed by atoms with Crippen molar-refractivity contribution in [2.75, 3.05) is 18.8 Å². The Morgan fingerprint density at radius 3 is 2.04 bits per heavy atom. The van der Waals surface area contributed by atoms with E-state index in [0.29, 0.717) is 44.7 Å². The summed E-state index contributed by atoms with van der Waals surface area (Å²) >= 11 is 0. The summed E-state index contributed by atoms with van der Waals surface area (Å²) in [4.78, 5) is 71.0. The molecule has 0 spiro atoms. The third-order valence-corrected chi connectivity index (χ3v) is 17.0. The van der Waals surface area contributed by atoms with Crippen molar-refractivity contribution in [1.82, 2.24) is 26.2 Å². The zero-order valence-electron chi connectivity index (χ0n) is 33.4. The molecular weight excluding hydrogens is 695 g/mol. The van der Waals surface area contributed by atoms with E-state index in [0.717, 1.165) is 70.6 Å². The molecule has 1 aliphatic heterocycles. The van der Waals surface area contributed by atoms with E-state index < -0.39 is 67.3 Å². The minimum absolute atomic E-state index is 0.0810. The van der Waals surface area contributed by atoms with Crippen LogP contribution in [-0.2, 0) is 29.0 Å². The number of Topliss-reactive ketones (excluding diaryl/α,β-unsaturated/α-hetero) is 1. The molecule has 0 aromatic rings. The highest BCUT2D eigenvalue weighted by Gasteiger charge is 2.70. The summed E-state index contributed by atoms with van der Waals surface area (Å²) in [5.41, 5.74) is -1.71. The molecule has 0 aromatic heterocycles. The molecule has 1 heterocycles. The number of urea groups is 1. The van der Waals surface area contributed by atoms with E-state index in [2.05, 4.69) is 35.1 Å². The number of carbonyl (C=O) groups excluding carboxylic acids is 5. The average molecular weight is 762 g/mol. The molecule has 5 aliphatic rings. The van der Waals surface area contributed by atoms with Crippen molar-refractivity contribution in [1.29, 1.82) is 0 Å². The monoisotopic (exact) mass is 761 g/mol. The Morgan fingerprint density at radius 2 is 1.47 bits per heavy atom. The van der Waals surface area contributed by atoms with Crippen LogP contribution in [-0.4, -0.2) is 90.1 Å². The van der Waals surface area contributed by atoms with Gasteiger partial charge in [-0.2, -0.15) is 0 Å². The molecule has 0 radical (unpaired) electrons. The molecule has 1 saturated heterocycles. The Balaban J connectivity index is 1.40. The van der Waals surface area contributed by atoms with E-state index in [4.69, 9.17) is 0 Å². The van der Waals surface area contributed by atoms with Crippen LogP contribution in [0.15, 0.2) is 0 Å². The molecule has 5 atom stereocenters. The Labute approximate surface area is 317 Å². The van der Waals surface area contributed by atoms with Crippen LogP contribution in [0.3, 0.4) is 0 Å². The third-order valence-electron chi connectivity index (χ3n) is 14.1. The summed E-state index contributed by atoms with van der Waals surface area (Å²) in [6, 6.07) is -3.33. The Morgan fingerprint density at radius 1 is 0.868 bits per heavy atom. The number of rotatable bonds is 16. The van der Waals surface area contributed by atoms with Gasteiger partial charge in [-0.1, -0.05) is 79.1 Å². The maximum Gasteiger partial charge on any atom is 0.315 e. The lowest BCUT2D eigenvalue weighted by Crippen LogP contribution is -2.65. The van der Waals surface area contributed by atoms with Gasteiger partial charge in [0.15, 0.2) is 9.84 Å². The lowest BCUT2D eigenvalue weighted by atomic mass is 9.70. The maximum absolute atomic E-state index is 15.0. The van der Waals surface area contributed by atoms with Crippen LogP contribution in [0.5, 0.6) is 0 Å². The summed E-state index contributed by atoms with van der Waals surface area (Å²) in [7, 11) is -3.58. The van der Waals surface area contributed by atoms with Crippen LogP contribution < -0.4 is 21.3 Å². The smallest absolute Gasteiger partial charge is 0.315 e. The Bertz CT molecular complexity index is 1510. The summed E-state index contributed by atoms with van der Waals surface area (Å²) in [5.74, 6) is -1.86. The van der Waals surface area contributed by atoms with Crippen molar-refractivity contribution in [3.63, 3.8) is 0 Å². The molecule has 53 heavy (non-hydrogen) atoms. The number of nitrogens with zero attached hydrogens (tertiary/aromatic N) is 1. The first-order chi connectivity index (χ1) is 24.8. The van der Waals surface area contributed by atoms with Crippen molar-refractivity contribution < 1.29 is 32.4 Å². The van der Waals surface area contributed by atoms with Crippen LogP contribution >= 0.6 is 0 Å². The molecule has 4 saturated carbocycles. The van der Waals surface area contributed by atoms with E-state index in [1.165, 1.54) is 0 Å². The van der Waals surface area contributed by atoms with Crippen molar-refractivity contribution in [3.8, 4) is 0 Å². The average Bonchev–Trinajstić information content (AvgIpc) is 3.96. The molecule has 4 N–H and O–H groups in total. The number of hydrogen-bond donors (Lipinski definition) is 4. The van der Waals surface area contributed by atoms with Crippen LogP contribution in [0.4, 0.5) is 4.79 Å². The molecule has 12 nitrogen and oxygen atoms in total. The normalized spacial score (nSPS) is 27.1. The second-order valence-electron chi connectivity index (χ2n) is 18.7. The van der Waals surface area contributed by atoms with E-state index in [-0.39, 0.29) is 28.9 Å². The number of sulfone groups is 1. The van der Waals surface area contributed by atoms with Gasteiger partial charge in [0.2, 0.25) is 17.6 Å². The number of ketones is 1. The molecule has 0 bridgehead atoms. The SMILES string of the molecule is CCNC(=O)C(=O)[C@H](CCC1CC1)NC(=O)[C@@H]1[C@@H]2[C@H](CN1C(=O)[C@@H](NC(=O)NC1(CS(=O)(=O)C(C)(C)CC)CCCCC1)C1(C)CCCCC1)C2(C)C. The zero-order valence-corrected chi connectivity index (χ0v) is 34.2. The van der Waals surface area contributed by atoms with Gasteiger partial charge in [-0.25, -0.2) is 13.2 Å². The van der Waals surface area contributed by atoms with Crippen molar-refractivity contribution in [2.45, 2.75) is 173 Å². The fraction of sp³-hybridized carbons (Fsp3) is 0.875. The van der Waals surface area contributed by atoms with Crippen molar-refractivity contribution in [3.05, 3.63) is 0 Å². The van der Waals surface area contributed by atoms with Crippen LogP contribution in [0.1, 0.15) is 145 Å². The quantitative estimate of drug-likeness (QED) is 0.164. The molecule has 5 amide bonds. The molecule has 5 rings (SSSR count). The number of fused-ring (bicyclic) bond motifs is 1. The van der Waals surface area contributed by atoms with Gasteiger partial charge in [0.05, 0.1) is 22.1 Å². The number of likely N-dealkylation sites (tertiary alicyclic amines) is 1. The minimum atomic E-state index is -3.58. The first-order valence-electron chi connectivity index (χ1n) is 20.6. The van der Waals surface area contributed by atoms with E-state index >= 15 is 0 Å². The predicted molar refractivity (Wildman–Crippen MR) is 204 cm³/mol. The van der Waals surface area contributed by atoms with Gasteiger partial charge in [-0.3, -0.25) is 19.2 Å².